The number of ketones is 2. The molecule has 0 fully saturated rings. The van der Waals surface area contributed by atoms with Crippen LogP contribution < -0.4 is 0 Å². The number of fused-ring (bicyclic) bond motifs is 1. The van der Waals surface area contributed by atoms with Crippen molar-refractivity contribution in [3.63, 3.8) is 0 Å². The van der Waals surface area contributed by atoms with Gasteiger partial charge >= 0.3 is 0 Å². The standard InChI is InChI=1S/C10H4ClN3O4S/c11-7-6-4(2-1-3-5(6)19(17)18)9(15)10(16)8(7)13-14-12/h1-3,8H. The second kappa shape index (κ2) is 4.85. The number of carbonyl (C=O) groups excluding carboxylic acids is 2. The highest BCUT2D eigenvalue weighted by Gasteiger charge is 2.40. The molecule has 0 spiro atoms. The van der Waals surface area contributed by atoms with Crippen LogP contribution in [0.5, 0.6) is 0 Å². The number of Topliss-reactive ketones (excluding diaryl/α,β-unsaturated/α-hetero) is 2. The van der Waals surface area contributed by atoms with E-state index in [0.717, 1.165) is 0 Å². The van der Waals surface area contributed by atoms with Gasteiger partial charge in [0, 0.05) is 21.1 Å². The van der Waals surface area contributed by atoms with E-state index in [-0.39, 0.29) is 21.0 Å². The Bertz CT molecular complexity index is 774. The highest BCUT2D eigenvalue weighted by atomic mass is 35.5. The molecule has 0 aliphatic heterocycles. The first-order chi connectivity index (χ1) is 8.99. The van der Waals surface area contributed by atoms with Crippen LogP contribution >= 0.6 is 11.6 Å². The molecular formula is C10H4ClN3O4S. The van der Waals surface area contributed by atoms with Gasteiger partial charge in [-0.2, -0.15) is 8.42 Å². The van der Waals surface area contributed by atoms with Gasteiger partial charge in [-0.3, -0.25) is 9.59 Å². The Kier molecular flexibility index (Phi) is 3.39. The third-order valence-electron chi connectivity index (χ3n) is 2.57. The lowest BCUT2D eigenvalue weighted by molar-refractivity contribution is -0.134. The third kappa shape index (κ3) is 2.01. The van der Waals surface area contributed by atoms with Gasteiger partial charge in [-0.25, -0.2) is 0 Å². The summed E-state index contributed by atoms with van der Waals surface area (Å²) in [6, 6.07) is -1.52. The lowest BCUT2D eigenvalue weighted by atomic mass is 9.84. The van der Waals surface area contributed by atoms with Gasteiger partial charge in [0.2, 0.25) is 21.9 Å². The van der Waals surface area contributed by atoms with Crippen LogP contribution in [0.1, 0.15) is 0 Å². The van der Waals surface area contributed by atoms with Crippen LogP contribution in [0, 0.1) is 0 Å². The maximum atomic E-state index is 11.8. The second-order valence-electron chi connectivity index (χ2n) is 3.56. The normalized spacial score (nSPS) is 21.8. The van der Waals surface area contributed by atoms with E-state index in [2.05, 4.69) is 10.0 Å². The molecule has 0 aromatic heterocycles. The minimum Gasteiger partial charge on any atom is -0.290 e. The Hall–Kier alpha value is -2.15. The van der Waals surface area contributed by atoms with Gasteiger partial charge in [0.25, 0.3) is 0 Å². The quantitative estimate of drug-likeness (QED) is 0.234. The van der Waals surface area contributed by atoms with Crippen LogP contribution in [0.4, 0.5) is 0 Å². The SMILES string of the molecule is [N-]=[N+]=NC1C(=O)C(=O)C2=CC=CC(=S(=O)=O)C2=C1Cl. The molecule has 19 heavy (non-hydrogen) atoms. The molecule has 0 aromatic rings. The molecule has 96 valence electrons. The Labute approximate surface area is 113 Å². The molecule has 2 rings (SSSR count). The predicted octanol–water partition coefficient (Wildman–Crippen LogP) is 0.858. The first-order valence-electron chi connectivity index (χ1n) is 4.86. The van der Waals surface area contributed by atoms with Crippen molar-refractivity contribution in [2.75, 3.05) is 0 Å². The number of nitrogens with zero attached hydrogens (tertiary/aromatic N) is 3. The number of azide groups is 1. The lowest BCUT2D eigenvalue weighted by Gasteiger charge is -2.22. The molecule has 1 unspecified atom stereocenters. The molecule has 1 atom stereocenters. The third-order valence-corrected chi connectivity index (χ3v) is 3.66. The molecule has 0 radical (unpaired) electrons. The van der Waals surface area contributed by atoms with Gasteiger partial charge in [0.15, 0.2) is 0 Å². The summed E-state index contributed by atoms with van der Waals surface area (Å²) in [6.45, 7) is 0. The van der Waals surface area contributed by atoms with E-state index >= 15 is 0 Å². The van der Waals surface area contributed by atoms with Gasteiger partial charge in [-0.15, -0.1) is 0 Å². The molecule has 9 heteroatoms. The molecule has 0 bridgehead atoms. The first kappa shape index (κ1) is 13.3. The van der Waals surface area contributed by atoms with Crippen molar-refractivity contribution in [2.24, 2.45) is 5.11 Å². The Balaban J connectivity index is 2.85. The number of hydrogen-bond acceptors (Lipinski definition) is 5. The zero-order valence-electron chi connectivity index (χ0n) is 9.07. The van der Waals surface area contributed by atoms with Crippen molar-refractivity contribution in [1.82, 2.24) is 0 Å². The monoisotopic (exact) mass is 297 g/mol. The summed E-state index contributed by atoms with van der Waals surface area (Å²) in [5.41, 5.74) is 8.17. The van der Waals surface area contributed by atoms with Crippen LogP contribution in [0.3, 0.4) is 0 Å². The molecule has 2 aliphatic rings. The van der Waals surface area contributed by atoms with E-state index in [1.807, 2.05) is 0 Å². The summed E-state index contributed by atoms with van der Waals surface area (Å²) in [5.74, 6) is -1.91. The summed E-state index contributed by atoms with van der Waals surface area (Å²) in [7, 11) is -2.64. The molecule has 7 nitrogen and oxygen atoms in total. The molecule has 0 aromatic carbocycles. The molecular weight excluding hydrogens is 294 g/mol. The average molecular weight is 298 g/mol. The summed E-state index contributed by atoms with van der Waals surface area (Å²) in [4.78, 5) is 25.7. The lowest BCUT2D eigenvalue weighted by Crippen LogP contribution is -2.36. The van der Waals surface area contributed by atoms with Gasteiger partial charge in [0.05, 0.1) is 0 Å². The summed E-state index contributed by atoms with van der Waals surface area (Å²) in [5, 5.41) is 2.87. The van der Waals surface area contributed by atoms with Crippen molar-refractivity contribution in [1.29, 1.82) is 0 Å². The molecule has 0 saturated carbocycles. The van der Waals surface area contributed by atoms with Crippen molar-refractivity contribution in [3.05, 3.63) is 44.8 Å². The van der Waals surface area contributed by atoms with Crippen molar-refractivity contribution in [2.45, 2.75) is 6.04 Å². The number of allylic oxidation sites excluding steroid dienone is 5. The fourth-order valence-corrected chi connectivity index (χ4v) is 2.75. The number of halogens is 1. The van der Waals surface area contributed by atoms with Gasteiger partial charge in [0.1, 0.15) is 10.9 Å². The van der Waals surface area contributed by atoms with Crippen molar-refractivity contribution >= 4 is 38.3 Å². The highest BCUT2D eigenvalue weighted by Crippen LogP contribution is 2.33. The van der Waals surface area contributed by atoms with Gasteiger partial charge in [-0.05, 0) is 11.6 Å². The average Bonchev–Trinajstić information content (AvgIpc) is 2.40. The van der Waals surface area contributed by atoms with E-state index < -0.39 is 27.9 Å². The zero-order chi connectivity index (χ0) is 14.2. The summed E-state index contributed by atoms with van der Waals surface area (Å²) in [6.07, 6.45) is 3.86. The van der Waals surface area contributed by atoms with Crippen LogP contribution in [-0.2, 0) is 19.9 Å². The molecule has 0 N–H and O–H groups in total. The van der Waals surface area contributed by atoms with Gasteiger partial charge in [-0.1, -0.05) is 28.9 Å². The Morgan fingerprint density at radius 1 is 1.37 bits per heavy atom. The summed E-state index contributed by atoms with van der Waals surface area (Å²) < 4.78 is 22.2. The fraction of sp³-hybridized carbons (Fsp3) is 0.100. The van der Waals surface area contributed by atoms with Crippen molar-refractivity contribution < 1.29 is 18.0 Å². The molecule has 2 aliphatic carbocycles. The van der Waals surface area contributed by atoms with Crippen LogP contribution in [0.25, 0.3) is 10.4 Å². The summed E-state index contributed by atoms with van der Waals surface area (Å²) >= 11 is 5.91. The van der Waals surface area contributed by atoms with Crippen LogP contribution in [-0.4, -0.2) is 30.9 Å². The molecule has 0 saturated heterocycles. The minimum atomic E-state index is -2.64. The number of rotatable bonds is 1. The van der Waals surface area contributed by atoms with Crippen molar-refractivity contribution in [3.8, 4) is 0 Å². The largest absolute Gasteiger partial charge is 0.290 e. The first-order valence-corrected chi connectivity index (χ1v) is 6.32. The maximum absolute atomic E-state index is 11.8. The van der Waals surface area contributed by atoms with Crippen LogP contribution in [0.2, 0.25) is 0 Å². The van der Waals surface area contributed by atoms with E-state index in [1.165, 1.54) is 18.2 Å². The Morgan fingerprint density at radius 3 is 2.63 bits per heavy atom. The fourth-order valence-electron chi connectivity index (χ4n) is 1.77. The topological polar surface area (TPSA) is 117 Å². The minimum absolute atomic E-state index is 0.0838. The number of hydrogen-bond donors (Lipinski definition) is 0. The molecule has 0 amide bonds. The zero-order valence-corrected chi connectivity index (χ0v) is 10.6. The molecule has 0 heterocycles. The smallest absolute Gasteiger partial charge is 0.230 e. The Morgan fingerprint density at radius 2 is 2.05 bits per heavy atom. The van der Waals surface area contributed by atoms with E-state index in [4.69, 9.17) is 17.1 Å². The van der Waals surface area contributed by atoms with E-state index in [9.17, 15) is 18.0 Å². The van der Waals surface area contributed by atoms with E-state index in [1.54, 1.807) is 0 Å². The maximum Gasteiger partial charge on any atom is 0.230 e. The number of carbonyl (C=O) groups is 2. The van der Waals surface area contributed by atoms with E-state index in [0.29, 0.717) is 0 Å². The van der Waals surface area contributed by atoms with Crippen LogP contribution in [0.15, 0.2) is 39.5 Å². The second-order valence-corrected chi connectivity index (χ2v) is 4.88. The predicted molar refractivity (Wildman–Crippen MR) is 67.0 cm³/mol. The van der Waals surface area contributed by atoms with Gasteiger partial charge < -0.3 is 0 Å². The highest BCUT2D eigenvalue weighted by molar-refractivity contribution is 7.73.